The number of benzene rings is 1. The van der Waals surface area contributed by atoms with Crippen LogP contribution in [0.15, 0.2) is 16.8 Å². The summed E-state index contributed by atoms with van der Waals surface area (Å²) in [5.74, 6) is 1.67. The Morgan fingerprint density at radius 2 is 2.15 bits per heavy atom. The largest absolute Gasteiger partial charge is 0.489 e. The summed E-state index contributed by atoms with van der Waals surface area (Å²) in [6, 6.07) is 1.77. The molecule has 1 aromatic carbocycles. The smallest absolute Gasteiger partial charge is 0.230 e. The Hall–Kier alpha value is -1.88. The van der Waals surface area contributed by atoms with Crippen LogP contribution in [0.3, 0.4) is 0 Å². The lowest BCUT2D eigenvalue weighted by molar-refractivity contribution is 0.296. The summed E-state index contributed by atoms with van der Waals surface area (Å²) >= 11 is 6.40. The van der Waals surface area contributed by atoms with Gasteiger partial charge in [-0.15, -0.1) is 0 Å². The van der Waals surface area contributed by atoms with Gasteiger partial charge in [0.25, 0.3) is 0 Å². The van der Waals surface area contributed by atoms with E-state index in [9.17, 15) is 0 Å². The van der Waals surface area contributed by atoms with E-state index in [4.69, 9.17) is 31.3 Å². The third kappa shape index (κ3) is 2.08. The van der Waals surface area contributed by atoms with E-state index in [-0.39, 0.29) is 5.88 Å². The predicted octanol–water partition coefficient (Wildman–Crippen LogP) is 3.30. The minimum atomic E-state index is 0.246. The van der Waals surface area contributed by atoms with Crippen molar-refractivity contribution in [2.75, 3.05) is 18.9 Å². The van der Waals surface area contributed by atoms with E-state index in [0.29, 0.717) is 29.5 Å². The second-order valence-corrected chi connectivity index (χ2v) is 4.95. The lowest BCUT2D eigenvalue weighted by Gasteiger charge is -2.16. The molecule has 0 spiro atoms. The number of aromatic nitrogens is 1. The first-order valence-electron chi connectivity index (χ1n) is 6.53. The Kier molecular flexibility index (Phi) is 3.44. The fourth-order valence-corrected chi connectivity index (χ4v) is 2.72. The van der Waals surface area contributed by atoms with Crippen LogP contribution in [-0.2, 0) is 6.42 Å². The topological polar surface area (TPSA) is 70.5 Å². The summed E-state index contributed by atoms with van der Waals surface area (Å²) in [5.41, 5.74) is 8.26. The van der Waals surface area contributed by atoms with Crippen molar-refractivity contribution in [1.82, 2.24) is 5.16 Å². The maximum absolute atomic E-state index is 6.40. The highest BCUT2D eigenvalue weighted by Crippen LogP contribution is 2.45. The first-order valence-corrected chi connectivity index (χ1v) is 6.91. The fraction of sp³-hybridized carbons (Fsp3) is 0.357. The number of fused-ring (bicyclic) bond motifs is 1. The first-order chi connectivity index (χ1) is 9.72. The standard InChI is InChI=1S/C14H15ClN2O3/c1-2-8-12(9-7-17-20-14(9)16)10(15)6-11-13(8)19-5-3-4-18-11/h6-7H,2-5,16H2,1H3. The molecule has 20 heavy (non-hydrogen) atoms. The van der Waals surface area contributed by atoms with Crippen LogP contribution in [0.1, 0.15) is 18.9 Å². The number of nitrogens with two attached hydrogens (primary N) is 1. The van der Waals surface area contributed by atoms with Gasteiger partial charge >= 0.3 is 0 Å². The van der Waals surface area contributed by atoms with Gasteiger partial charge in [0.2, 0.25) is 5.88 Å². The molecule has 1 aliphatic heterocycles. The predicted molar refractivity (Wildman–Crippen MR) is 76.3 cm³/mol. The minimum Gasteiger partial charge on any atom is -0.489 e. The van der Waals surface area contributed by atoms with Gasteiger partial charge < -0.3 is 19.7 Å². The third-order valence-corrected chi connectivity index (χ3v) is 3.61. The van der Waals surface area contributed by atoms with Crippen LogP contribution in [0.5, 0.6) is 11.5 Å². The SMILES string of the molecule is CCc1c2c(cc(Cl)c1-c1cnoc1N)OCCCO2. The molecule has 0 unspecified atom stereocenters. The van der Waals surface area contributed by atoms with Crippen molar-refractivity contribution in [2.24, 2.45) is 0 Å². The van der Waals surface area contributed by atoms with Gasteiger partial charge in [0.1, 0.15) is 0 Å². The van der Waals surface area contributed by atoms with Crippen LogP contribution in [-0.4, -0.2) is 18.4 Å². The molecule has 6 heteroatoms. The molecule has 3 rings (SSSR count). The van der Waals surface area contributed by atoms with Crippen molar-refractivity contribution in [3.63, 3.8) is 0 Å². The molecule has 0 bridgehead atoms. The summed E-state index contributed by atoms with van der Waals surface area (Å²) in [6.07, 6.45) is 3.16. The molecule has 1 aliphatic rings. The molecule has 0 radical (unpaired) electrons. The lowest BCUT2D eigenvalue weighted by atomic mass is 9.98. The number of ether oxygens (including phenoxy) is 2. The lowest BCUT2D eigenvalue weighted by Crippen LogP contribution is -2.00. The quantitative estimate of drug-likeness (QED) is 0.920. The van der Waals surface area contributed by atoms with E-state index >= 15 is 0 Å². The van der Waals surface area contributed by atoms with Gasteiger partial charge in [0.15, 0.2) is 11.5 Å². The normalized spacial score (nSPS) is 14.1. The number of rotatable bonds is 2. The average Bonchev–Trinajstić information content (AvgIpc) is 2.71. The zero-order valence-electron chi connectivity index (χ0n) is 11.1. The van der Waals surface area contributed by atoms with Gasteiger partial charge in [-0.2, -0.15) is 0 Å². The van der Waals surface area contributed by atoms with Crippen molar-refractivity contribution in [3.8, 4) is 22.6 Å². The van der Waals surface area contributed by atoms with Crippen LogP contribution in [0, 0.1) is 0 Å². The molecule has 0 saturated heterocycles. The molecule has 5 nitrogen and oxygen atoms in total. The maximum Gasteiger partial charge on any atom is 0.230 e. The van der Waals surface area contributed by atoms with Gasteiger partial charge in [-0.3, -0.25) is 0 Å². The highest BCUT2D eigenvalue weighted by Gasteiger charge is 2.23. The number of nitrogens with zero attached hydrogens (tertiary/aromatic N) is 1. The molecular weight excluding hydrogens is 280 g/mol. The summed E-state index contributed by atoms with van der Waals surface area (Å²) < 4.78 is 16.5. The number of nitrogen functional groups attached to an aromatic ring is 1. The molecule has 0 aliphatic carbocycles. The summed E-state index contributed by atoms with van der Waals surface area (Å²) in [7, 11) is 0. The highest BCUT2D eigenvalue weighted by molar-refractivity contribution is 6.34. The highest BCUT2D eigenvalue weighted by atomic mass is 35.5. The second-order valence-electron chi connectivity index (χ2n) is 4.55. The van der Waals surface area contributed by atoms with Crippen LogP contribution in [0.25, 0.3) is 11.1 Å². The Morgan fingerprint density at radius 1 is 1.35 bits per heavy atom. The number of halogens is 1. The van der Waals surface area contributed by atoms with Crippen LogP contribution >= 0.6 is 11.6 Å². The molecule has 2 aromatic rings. The Bertz CT molecular complexity index is 640. The first kappa shape index (κ1) is 13.1. The molecular formula is C14H15ClN2O3. The van der Waals surface area contributed by atoms with Crippen molar-refractivity contribution < 1.29 is 14.0 Å². The van der Waals surface area contributed by atoms with Gasteiger partial charge in [-0.1, -0.05) is 23.7 Å². The van der Waals surface area contributed by atoms with Crippen LogP contribution < -0.4 is 15.2 Å². The van der Waals surface area contributed by atoms with Gasteiger partial charge in [-0.25, -0.2) is 0 Å². The zero-order chi connectivity index (χ0) is 14.1. The number of hydrogen-bond acceptors (Lipinski definition) is 5. The molecule has 106 valence electrons. The summed E-state index contributed by atoms with van der Waals surface area (Å²) in [6.45, 7) is 3.29. The van der Waals surface area contributed by atoms with E-state index in [1.54, 1.807) is 12.3 Å². The number of anilines is 1. The van der Waals surface area contributed by atoms with Crippen LogP contribution in [0.4, 0.5) is 5.88 Å². The molecule has 0 amide bonds. The van der Waals surface area contributed by atoms with Gasteiger partial charge in [0, 0.05) is 23.6 Å². The Morgan fingerprint density at radius 3 is 2.85 bits per heavy atom. The average molecular weight is 295 g/mol. The Labute approximate surface area is 121 Å². The fourth-order valence-electron chi connectivity index (χ4n) is 2.40. The minimum absolute atomic E-state index is 0.246. The number of hydrogen-bond donors (Lipinski definition) is 1. The molecule has 1 aromatic heterocycles. The monoisotopic (exact) mass is 294 g/mol. The summed E-state index contributed by atoms with van der Waals surface area (Å²) in [5, 5.41) is 4.27. The third-order valence-electron chi connectivity index (χ3n) is 3.31. The molecule has 0 fully saturated rings. The molecule has 2 N–H and O–H groups in total. The van der Waals surface area contributed by atoms with Gasteiger partial charge in [0.05, 0.1) is 30.0 Å². The van der Waals surface area contributed by atoms with E-state index in [1.807, 2.05) is 6.92 Å². The van der Waals surface area contributed by atoms with Crippen molar-refractivity contribution in [2.45, 2.75) is 19.8 Å². The van der Waals surface area contributed by atoms with E-state index in [2.05, 4.69) is 5.16 Å². The van der Waals surface area contributed by atoms with E-state index in [1.165, 1.54) is 0 Å². The molecule has 0 saturated carbocycles. The molecule has 0 atom stereocenters. The maximum atomic E-state index is 6.40. The van der Waals surface area contributed by atoms with Crippen LogP contribution in [0.2, 0.25) is 5.02 Å². The van der Waals surface area contributed by atoms with E-state index < -0.39 is 0 Å². The van der Waals surface area contributed by atoms with Gasteiger partial charge in [-0.05, 0) is 6.42 Å². The van der Waals surface area contributed by atoms with E-state index in [0.717, 1.165) is 29.7 Å². The Balaban J connectivity index is 2.24. The summed E-state index contributed by atoms with van der Waals surface area (Å²) in [4.78, 5) is 0. The zero-order valence-corrected chi connectivity index (χ0v) is 11.9. The van der Waals surface area contributed by atoms with Crippen molar-refractivity contribution >= 4 is 17.5 Å². The second kappa shape index (κ2) is 5.25. The van der Waals surface area contributed by atoms with Crippen molar-refractivity contribution in [1.29, 1.82) is 0 Å². The van der Waals surface area contributed by atoms with Crippen molar-refractivity contribution in [3.05, 3.63) is 22.8 Å². The molecule has 2 heterocycles.